The van der Waals surface area contributed by atoms with Gasteiger partial charge in [-0.15, -0.1) is 0 Å². The van der Waals surface area contributed by atoms with Gasteiger partial charge in [0, 0.05) is 34.2 Å². The van der Waals surface area contributed by atoms with Gasteiger partial charge in [-0.1, -0.05) is 43.0 Å². The smallest absolute Gasteiger partial charge is 0.337 e. The standard InChI is InChI=1S/C28H24N2O3/c1-16-11-22-17(2)13-26(20-9-6-7-19-14-29-15-24(19)20)33-27(22)23(12-16)18(3)30-25-10-5-4-8-21(25)28(31)32/h4-13,15,18,30H,2,14H2,1,3H3,(H,31,32)/t18-/m1/s1. The van der Waals surface area contributed by atoms with Crippen LogP contribution in [0.1, 0.15) is 56.7 Å². The summed E-state index contributed by atoms with van der Waals surface area (Å²) in [4.78, 5) is 16.1. The van der Waals surface area contributed by atoms with Crippen LogP contribution >= 0.6 is 0 Å². The highest BCUT2D eigenvalue weighted by molar-refractivity contribution is 5.96. The summed E-state index contributed by atoms with van der Waals surface area (Å²) >= 11 is 0. The van der Waals surface area contributed by atoms with E-state index < -0.39 is 5.97 Å². The number of hydrogen-bond acceptors (Lipinski definition) is 4. The van der Waals surface area contributed by atoms with Crippen molar-refractivity contribution in [2.45, 2.75) is 26.4 Å². The van der Waals surface area contributed by atoms with E-state index in [1.165, 1.54) is 5.56 Å². The highest BCUT2D eigenvalue weighted by Crippen LogP contribution is 2.43. The Hall–Kier alpha value is -4.12. The van der Waals surface area contributed by atoms with Gasteiger partial charge in [-0.3, -0.25) is 4.99 Å². The van der Waals surface area contributed by atoms with Crippen LogP contribution in [0.3, 0.4) is 0 Å². The normalized spacial score (nSPS) is 14.7. The average Bonchev–Trinajstić information content (AvgIpc) is 3.28. The second-order valence-electron chi connectivity index (χ2n) is 8.43. The summed E-state index contributed by atoms with van der Waals surface area (Å²) in [7, 11) is 0. The van der Waals surface area contributed by atoms with Gasteiger partial charge in [-0.25, -0.2) is 4.79 Å². The van der Waals surface area contributed by atoms with Crippen molar-refractivity contribution in [1.82, 2.24) is 0 Å². The molecule has 0 amide bonds. The summed E-state index contributed by atoms with van der Waals surface area (Å²) in [6, 6.07) is 17.0. The summed E-state index contributed by atoms with van der Waals surface area (Å²) in [6.45, 7) is 9.02. The van der Waals surface area contributed by atoms with Gasteiger partial charge in [0.25, 0.3) is 0 Å². The van der Waals surface area contributed by atoms with Crippen molar-refractivity contribution in [2.75, 3.05) is 5.32 Å². The Bertz CT molecular complexity index is 1370. The number of aliphatic imine (C=N–C) groups is 1. The first-order valence-electron chi connectivity index (χ1n) is 10.9. The van der Waals surface area contributed by atoms with Crippen LogP contribution in [0.5, 0.6) is 5.75 Å². The molecule has 3 aromatic carbocycles. The first-order chi connectivity index (χ1) is 15.9. The van der Waals surface area contributed by atoms with Crippen LogP contribution in [-0.4, -0.2) is 17.3 Å². The molecule has 5 heteroatoms. The Morgan fingerprint density at radius 3 is 2.79 bits per heavy atom. The number of nitrogens with zero attached hydrogens (tertiary/aromatic N) is 1. The molecule has 0 aliphatic carbocycles. The molecule has 2 N–H and O–H groups in total. The van der Waals surface area contributed by atoms with Gasteiger partial charge in [-0.05, 0) is 54.8 Å². The molecule has 0 aromatic heterocycles. The van der Waals surface area contributed by atoms with Gasteiger partial charge >= 0.3 is 5.97 Å². The molecule has 5 rings (SSSR count). The highest BCUT2D eigenvalue weighted by Gasteiger charge is 2.26. The van der Waals surface area contributed by atoms with Crippen molar-refractivity contribution in [3.8, 4) is 5.75 Å². The zero-order valence-corrected chi connectivity index (χ0v) is 18.6. The molecule has 0 unspecified atom stereocenters. The van der Waals surface area contributed by atoms with E-state index in [9.17, 15) is 9.90 Å². The molecule has 0 saturated carbocycles. The van der Waals surface area contributed by atoms with E-state index in [4.69, 9.17) is 4.74 Å². The number of carboxylic acid groups (broad SMARTS) is 1. The molecule has 2 aliphatic heterocycles. The number of aromatic carboxylic acids is 1. The van der Waals surface area contributed by atoms with Gasteiger partial charge in [0.05, 0.1) is 18.2 Å². The van der Waals surface area contributed by atoms with E-state index in [0.717, 1.165) is 44.9 Å². The van der Waals surface area contributed by atoms with Crippen LogP contribution in [0, 0.1) is 6.92 Å². The van der Waals surface area contributed by atoms with Crippen molar-refractivity contribution in [3.63, 3.8) is 0 Å². The summed E-state index contributed by atoms with van der Waals surface area (Å²) in [5.41, 5.74) is 7.89. The van der Waals surface area contributed by atoms with Crippen LogP contribution in [0.4, 0.5) is 5.69 Å². The highest BCUT2D eigenvalue weighted by atomic mass is 16.5. The lowest BCUT2D eigenvalue weighted by Crippen LogP contribution is -2.14. The fraction of sp³-hybridized carbons (Fsp3) is 0.143. The SMILES string of the molecule is C=C1C=C(c2cccc3c2C=NC3)Oc2c1cc(C)cc2[C@@H](C)Nc1ccccc1C(=O)O. The Kier molecular flexibility index (Phi) is 5.09. The number of hydrogen-bond donors (Lipinski definition) is 2. The molecule has 2 aliphatic rings. The van der Waals surface area contributed by atoms with Crippen LogP contribution in [0.25, 0.3) is 11.3 Å². The van der Waals surface area contributed by atoms with Crippen molar-refractivity contribution in [2.24, 2.45) is 4.99 Å². The molecule has 0 fully saturated rings. The number of carboxylic acids is 1. The molecule has 0 bridgehead atoms. The first-order valence-corrected chi connectivity index (χ1v) is 10.9. The Morgan fingerprint density at radius 1 is 1.15 bits per heavy atom. The summed E-state index contributed by atoms with van der Waals surface area (Å²) in [5, 5.41) is 12.9. The third-order valence-corrected chi connectivity index (χ3v) is 6.07. The summed E-state index contributed by atoms with van der Waals surface area (Å²) in [6.07, 6.45) is 3.88. The fourth-order valence-electron chi connectivity index (χ4n) is 4.44. The fourth-order valence-corrected chi connectivity index (χ4v) is 4.44. The van der Waals surface area contributed by atoms with Gasteiger partial charge in [0.2, 0.25) is 0 Å². The molecule has 3 aromatic rings. The maximum Gasteiger partial charge on any atom is 0.337 e. The van der Waals surface area contributed by atoms with Gasteiger partial charge in [0.1, 0.15) is 11.5 Å². The van der Waals surface area contributed by atoms with E-state index in [0.29, 0.717) is 12.2 Å². The molecular weight excluding hydrogens is 412 g/mol. The molecule has 1 atom stereocenters. The number of ether oxygens (including phenoxy) is 1. The molecular formula is C28H24N2O3. The maximum atomic E-state index is 11.7. The molecule has 0 radical (unpaired) electrons. The number of fused-ring (bicyclic) bond motifs is 2. The lowest BCUT2D eigenvalue weighted by molar-refractivity contribution is 0.0698. The zero-order valence-electron chi connectivity index (χ0n) is 18.6. The van der Waals surface area contributed by atoms with Crippen molar-refractivity contribution in [1.29, 1.82) is 0 Å². The van der Waals surface area contributed by atoms with E-state index in [2.05, 4.69) is 35.1 Å². The largest absolute Gasteiger partial charge is 0.478 e. The van der Waals surface area contributed by atoms with Crippen LogP contribution in [-0.2, 0) is 6.54 Å². The first kappa shape index (κ1) is 20.8. The monoisotopic (exact) mass is 436 g/mol. The summed E-state index contributed by atoms with van der Waals surface area (Å²) < 4.78 is 6.52. The minimum Gasteiger partial charge on any atom is -0.478 e. The topological polar surface area (TPSA) is 70.9 Å². The Balaban J connectivity index is 1.55. The number of nitrogens with one attached hydrogen (secondary N) is 1. The van der Waals surface area contributed by atoms with E-state index in [1.807, 2.05) is 44.3 Å². The van der Waals surface area contributed by atoms with Gasteiger partial charge in [0.15, 0.2) is 0 Å². The molecule has 0 saturated heterocycles. The third-order valence-electron chi connectivity index (χ3n) is 6.07. The maximum absolute atomic E-state index is 11.7. The number of para-hydroxylation sites is 1. The van der Waals surface area contributed by atoms with Crippen molar-refractivity contribution in [3.05, 3.63) is 106 Å². The lowest BCUT2D eigenvalue weighted by atomic mass is 9.92. The minimum atomic E-state index is -0.967. The Morgan fingerprint density at radius 2 is 1.97 bits per heavy atom. The molecule has 164 valence electrons. The minimum absolute atomic E-state index is 0.200. The summed E-state index contributed by atoms with van der Waals surface area (Å²) in [5.74, 6) is 0.510. The van der Waals surface area contributed by atoms with Crippen molar-refractivity contribution >= 4 is 29.2 Å². The second-order valence-corrected chi connectivity index (χ2v) is 8.43. The molecule has 5 nitrogen and oxygen atoms in total. The number of benzene rings is 3. The number of aryl methyl sites for hydroxylation is 1. The van der Waals surface area contributed by atoms with Gasteiger partial charge < -0.3 is 15.2 Å². The zero-order chi connectivity index (χ0) is 23.1. The van der Waals surface area contributed by atoms with E-state index in [1.54, 1.807) is 18.2 Å². The number of rotatable bonds is 5. The van der Waals surface area contributed by atoms with Crippen LogP contribution in [0.15, 0.2) is 72.2 Å². The van der Waals surface area contributed by atoms with Crippen molar-refractivity contribution < 1.29 is 14.6 Å². The van der Waals surface area contributed by atoms with E-state index in [-0.39, 0.29) is 11.6 Å². The predicted molar refractivity (Wildman–Crippen MR) is 132 cm³/mol. The van der Waals surface area contributed by atoms with E-state index >= 15 is 0 Å². The second kappa shape index (κ2) is 8.10. The van der Waals surface area contributed by atoms with Crippen LogP contribution < -0.4 is 10.1 Å². The quantitative estimate of drug-likeness (QED) is 0.496. The lowest BCUT2D eigenvalue weighted by Gasteiger charge is -2.27. The third kappa shape index (κ3) is 3.72. The Labute approximate surface area is 192 Å². The molecule has 0 spiro atoms. The number of allylic oxidation sites excluding steroid dienone is 2. The van der Waals surface area contributed by atoms with Gasteiger partial charge in [-0.2, -0.15) is 0 Å². The van der Waals surface area contributed by atoms with Crippen LogP contribution in [0.2, 0.25) is 0 Å². The number of anilines is 1. The predicted octanol–water partition coefficient (Wildman–Crippen LogP) is 6.25. The molecule has 2 heterocycles. The average molecular weight is 437 g/mol. The number of carbonyl (C=O) groups is 1. The molecule has 33 heavy (non-hydrogen) atoms.